The summed E-state index contributed by atoms with van der Waals surface area (Å²) in [7, 11) is 0. The quantitative estimate of drug-likeness (QED) is 0.862. The van der Waals surface area contributed by atoms with Crippen LogP contribution in [0.15, 0.2) is 54.6 Å². The molecule has 1 aliphatic heterocycles. The predicted molar refractivity (Wildman–Crippen MR) is 95.1 cm³/mol. The minimum absolute atomic E-state index is 0.0180. The Kier molecular flexibility index (Phi) is 5.83. The zero-order chi connectivity index (χ0) is 18.5. The van der Waals surface area contributed by atoms with Crippen LogP contribution in [-0.2, 0) is 11.2 Å². The van der Waals surface area contributed by atoms with Gasteiger partial charge in [0.15, 0.2) is 0 Å². The van der Waals surface area contributed by atoms with Gasteiger partial charge in [-0.15, -0.1) is 0 Å². The molecule has 2 aromatic carbocycles. The van der Waals surface area contributed by atoms with Crippen molar-refractivity contribution in [1.29, 1.82) is 0 Å². The van der Waals surface area contributed by atoms with Gasteiger partial charge < -0.3 is 15.4 Å². The van der Waals surface area contributed by atoms with Crippen LogP contribution in [-0.4, -0.2) is 37.1 Å². The van der Waals surface area contributed by atoms with Crippen LogP contribution < -0.4 is 10.5 Å². The zero-order valence-electron chi connectivity index (χ0n) is 14.4. The van der Waals surface area contributed by atoms with E-state index in [4.69, 9.17) is 5.73 Å². The Morgan fingerprint density at radius 1 is 1.12 bits per heavy atom. The van der Waals surface area contributed by atoms with Gasteiger partial charge in [-0.3, -0.25) is 4.79 Å². The maximum absolute atomic E-state index is 12.6. The molecule has 0 bridgehead atoms. The Balaban J connectivity index is 1.63. The second-order valence-electron chi connectivity index (χ2n) is 6.51. The number of alkyl halides is 2. The smallest absolute Gasteiger partial charge is 0.387 e. The molecular formula is C20H22F2N2O2. The van der Waals surface area contributed by atoms with E-state index >= 15 is 0 Å². The lowest BCUT2D eigenvalue weighted by molar-refractivity contribution is -0.129. The number of benzene rings is 2. The highest BCUT2D eigenvalue weighted by molar-refractivity contribution is 5.79. The highest BCUT2D eigenvalue weighted by Gasteiger charge is 2.35. The summed E-state index contributed by atoms with van der Waals surface area (Å²) in [6, 6.07) is 16.3. The number of hydrogen-bond donors (Lipinski definition) is 1. The highest BCUT2D eigenvalue weighted by Crippen LogP contribution is 2.32. The molecule has 0 radical (unpaired) electrons. The fraction of sp³-hybridized carbons (Fsp3) is 0.350. The van der Waals surface area contributed by atoms with E-state index in [0.29, 0.717) is 19.6 Å². The molecule has 2 aromatic rings. The number of hydrogen-bond acceptors (Lipinski definition) is 3. The average molecular weight is 360 g/mol. The van der Waals surface area contributed by atoms with Gasteiger partial charge in [-0.2, -0.15) is 8.78 Å². The summed E-state index contributed by atoms with van der Waals surface area (Å²) >= 11 is 0. The van der Waals surface area contributed by atoms with E-state index in [0.717, 1.165) is 5.56 Å². The van der Waals surface area contributed by atoms with Crippen LogP contribution in [0.5, 0.6) is 5.75 Å². The lowest BCUT2D eigenvalue weighted by Crippen LogP contribution is -2.31. The van der Waals surface area contributed by atoms with Crippen molar-refractivity contribution in [2.75, 3.05) is 19.6 Å². The monoisotopic (exact) mass is 360 g/mol. The van der Waals surface area contributed by atoms with Crippen molar-refractivity contribution in [3.05, 3.63) is 65.7 Å². The van der Waals surface area contributed by atoms with Gasteiger partial charge in [0.05, 0.1) is 6.42 Å². The number of likely N-dealkylation sites (tertiary alicyclic amines) is 1. The van der Waals surface area contributed by atoms with Crippen molar-refractivity contribution in [2.24, 2.45) is 11.7 Å². The normalized spacial score (nSPS) is 19.8. The Morgan fingerprint density at radius 3 is 2.42 bits per heavy atom. The van der Waals surface area contributed by atoms with Gasteiger partial charge in [-0.1, -0.05) is 42.5 Å². The zero-order valence-corrected chi connectivity index (χ0v) is 14.4. The second kappa shape index (κ2) is 8.27. The number of amides is 1. The molecule has 1 amide bonds. The molecule has 1 aliphatic rings. The molecule has 0 unspecified atom stereocenters. The standard InChI is InChI=1S/C20H22F2N2O2/c21-20(22)26-17-8-6-14(7-9-17)10-19(25)24-12-16(11-23)18(13-24)15-4-2-1-3-5-15/h1-9,16,18,20H,10-13,23H2/t16-,18+/m1/s1. The lowest BCUT2D eigenvalue weighted by atomic mass is 9.89. The largest absolute Gasteiger partial charge is 0.435 e. The minimum Gasteiger partial charge on any atom is -0.435 e. The first kappa shape index (κ1) is 18.3. The highest BCUT2D eigenvalue weighted by atomic mass is 19.3. The van der Waals surface area contributed by atoms with E-state index in [1.165, 1.54) is 17.7 Å². The van der Waals surface area contributed by atoms with Crippen molar-refractivity contribution in [2.45, 2.75) is 19.0 Å². The molecule has 0 aromatic heterocycles. The molecule has 26 heavy (non-hydrogen) atoms. The third-order valence-corrected chi connectivity index (χ3v) is 4.83. The van der Waals surface area contributed by atoms with E-state index < -0.39 is 6.61 Å². The Morgan fingerprint density at radius 2 is 1.81 bits per heavy atom. The van der Waals surface area contributed by atoms with E-state index in [9.17, 15) is 13.6 Å². The van der Waals surface area contributed by atoms with Crippen LogP contribution in [0.25, 0.3) is 0 Å². The minimum atomic E-state index is -2.85. The molecule has 1 saturated heterocycles. The first-order chi connectivity index (χ1) is 12.6. The van der Waals surface area contributed by atoms with Crippen molar-refractivity contribution < 1.29 is 18.3 Å². The number of ether oxygens (including phenoxy) is 1. The molecule has 138 valence electrons. The summed E-state index contributed by atoms with van der Waals surface area (Å²) in [5.74, 6) is 0.587. The molecule has 0 aliphatic carbocycles. The summed E-state index contributed by atoms with van der Waals surface area (Å²) in [6.45, 7) is -1.03. The Bertz CT molecular complexity index is 722. The number of halogens is 2. The van der Waals surface area contributed by atoms with Crippen LogP contribution >= 0.6 is 0 Å². The SMILES string of the molecule is NC[C@@H]1CN(C(=O)Cc2ccc(OC(F)F)cc2)C[C@H]1c1ccccc1. The number of nitrogens with zero attached hydrogens (tertiary/aromatic N) is 1. The molecular weight excluding hydrogens is 338 g/mol. The van der Waals surface area contributed by atoms with Crippen LogP contribution in [0.2, 0.25) is 0 Å². The van der Waals surface area contributed by atoms with Crippen LogP contribution in [0.3, 0.4) is 0 Å². The molecule has 0 spiro atoms. The lowest BCUT2D eigenvalue weighted by Gasteiger charge is -2.17. The van der Waals surface area contributed by atoms with E-state index in [1.54, 1.807) is 12.1 Å². The van der Waals surface area contributed by atoms with Gasteiger partial charge in [0.1, 0.15) is 5.75 Å². The Labute approximate surface area is 151 Å². The summed E-state index contributed by atoms with van der Waals surface area (Å²) in [5.41, 5.74) is 7.89. The third-order valence-electron chi connectivity index (χ3n) is 4.83. The summed E-state index contributed by atoms with van der Waals surface area (Å²) in [6.07, 6.45) is 0.230. The number of carbonyl (C=O) groups excluding carboxylic acids is 1. The first-order valence-corrected chi connectivity index (χ1v) is 8.63. The maximum Gasteiger partial charge on any atom is 0.387 e. The van der Waals surface area contributed by atoms with Gasteiger partial charge in [0, 0.05) is 19.0 Å². The number of carbonyl (C=O) groups is 1. The van der Waals surface area contributed by atoms with Gasteiger partial charge >= 0.3 is 6.61 Å². The van der Waals surface area contributed by atoms with E-state index in [1.807, 2.05) is 23.1 Å². The molecule has 3 rings (SSSR count). The summed E-state index contributed by atoms with van der Waals surface area (Å²) in [4.78, 5) is 14.5. The summed E-state index contributed by atoms with van der Waals surface area (Å²) < 4.78 is 28.7. The molecule has 1 fully saturated rings. The van der Waals surface area contributed by atoms with Crippen molar-refractivity contribution in [3.63, 3.8) is 0 Å². The van der Waals surface area contributed by atoms with Gasteiger partial charge in [-0.05, 0) is 35.7 Å². The fourth-order valence-electron chi connectivity index (χ4n) is 3.47. The third kappa shape index (κ3) is 4.38. The van der Waals surface area contributed by atoms with Crippen molar-refractivity contribution >= 4 is 5.91 Å². The average Bonchev–Trinajstić information content (AvgIpc) is 3.08. The molecule has 1 heterocycles. The first-order valence-electron chi connectivity index (χ1n) is 8.63. The maximum atomic E-state index is 12.6. The van der Waals surface area contributed by atoms with Crippen molar-refractivity contribution in [1.82, 2.24) is 4.90 Å². The van der Waals surface area contributed by atoms with Crippen LogP contribution in [0, 0.1) is 5.92 Å². The Hall–Kier alpha value is -2.47. The number of rotatable bonds is 6. The molecule has 6 heteroatoms. The molecule has 0 saturated carbocycles. The number of nitrogens with two attached hydrogens (primary N) is 1. The fourth-order valence-corrected chi connectivity index (χ4v) is 3.47. The van der Waals surface area contributed by atoms with E-state index in [-0.39, 0.29) is 29.9 Å². The topological polar surface area (TPSA) is 55.6 Å². The van der Waals surface area contributed by atoms with Crippen LogP contribution in [0.1, 0.15) is 17.0 Å². The second-order valence-corrected chi connectivity index (χ2v) is 6.51. The van der Waals surface area contributed by atoms with Gasteiger partial charge in [0.25, 0.3) is 0 Å². The van der Waals surface area contributed by atoms with Gasteiger partial charge in [-0.25, -0.2) is 0 Å². The molecule has 2 atom stereocenters. The van der Waals surface area contributed by atoms with Gasteiger partial charge in [0.2, 0.25) is 5.91 Å². The van der Waals surface area contributed by atoms with Crippen LogP contribution in [0.4, 0.5) is 8.78 Å². The molecule has 2 N–H and O–H groups in total. The predicted octanol–water partition coefficient (Wildman–Crippen LogP) is 3.03. The molecule has 4 nitrogen and oxygen atoms in total. The van der Waals surface area contributed by atoms with Crippen molar-refractivity contribution in [3.8, 4) is 5.75 Å². The summed E-state index contributed by atoms with van der Waals surface area (Å²) in [5, 5.41) is 0. The van der Waals surface area contributed by atoms with E-state index in [2.05, 4.69) is 16.9 Å².